The second-order valence-electron chi connectivity index (χ2n) is 4.64. The van der Waals surface area contributed by atoms with Gasteiger partial charge in [-0.05, 0) is 13.8 Å². The van der Waals surface area contributed by atoms with Crippen molar-refractivity contribution in [1.82, 2.24) is 15.5 Å². The van der Waals surface area contributed by atoms with Gasteiger partial charge in [0.25, 0.3) is 0 Å². The van der Waals surface area contributed by atoms with Gasteiger partial charge in [-0.2, -0.15) is 0 Å². The van der Waals surface area contributed by atoms with E-state index in [2.05, 4.69) is 22.4 Å². The lowest BCUT2D eigenvalue weighted by Gasteiger charge is -2.09. The first kappa shape index (κ1) is 13.7. The van der Waals surface area contributed by atoms with E-state index in [-0.39, 0.29) is 18.2 Å². The minimum atomic E-state index is -0.0590. The van der Waals surface area contributed by atoms with Crippen LogP contribution in [0.3, 0.4) is 0 Å². The molecule has 0 radical (unpaired) electrons. The van der Waals surface area contributed by atoms with Crippen molar-refractivity contribution in [3.05, 3.63) is 33.6 Å². The Hall–Kier alpha value is -1.69. The monoisotopic (exact) mass is 279 g/mol. The maximum Gasteiger partial charge on any atom is 0.227 e. The van der Waals surface area contributed by atoms with Crippen LogP contribution in [0.1, 0.15) is 35.0 Å². The summed E-state index contributed by atoms with van der Waals surface area (Å²) in [7, 11) is 0. The fourth-order valence-electron chi connectivity index (χ4n) is 1.67. The van der Waals surface area contributed by atoms with E-state index in [1.807, 2.05) is 19.2 Å². The van der Waals surface area contributed by atoms with Gasteiger partial charge in [0.15, 0.2) is 0 Å². The van der Waals surface area contributed by atoms with Gasteiger partial charge in [0, 0.05) is 29.6 Å². The highest BCUT2D eigenvalue weighted by molar-refractivity contribution is 7.09. The summed E-state index contributed by atoms with van der Waals surface area (Å²) < 4.78 is 5.01. The van der Waals surface area contributed by atoms with Gasteiger partial charge in [0.05, 0.1) is 17.1 Å². The van der Waals surface area contributed by atoms with Crippen molar-refractivity contribution in [2.75, 3.05) is 6.54 Å². The molecule has 19 heavy (non-hydrogen) atoms. The van der Waals surface area contributed by atoms with E-state index in [1.54, 1.807) is 17.4 Å². The van der Waals surface area contributed by atoms with Crippen molar-refractivity contribution in [3.63, 3.8) is 0 Å². The highest BCUT2D eigenvalue weighted by atomic mass is 32.1. The number of carbonyl (C=O) groups excluding carboxylic acids is 1. The number of hydrogen-bond donors (Lipinski definition) is 1. The largest absolute Gasteiger partial charge is 0.361 e. The average molecular weight is 279 g/mol. The summed E-state index contributed by atoms with van der Waals surface area (Å²) in [5.74, 6) is 0.753. The number of aromatic nitrogens is 2. The van der Waals surface area contributed by atoms with Crippen LogP contribution in [0.4, 0.5) is 0 Å². The Labute approximate surface area is 116 Å². The van der Waals surface area contributed by atoms with Gasteiger partial charge in [-0.1, -0.05) is 12.1 Å². The summed E-state index contributed by atoms with van der Waals surface area (Å²) in [6.45, 7) is 6.44. The van der Waals surface area contributed by atoms with Crippen LogP contribution in [0.25, 0.3) is 0 Å². The second-order valence-corrected chi connectivity index (χ2v) is 5.53. The van der Waals surface area contributed by atoms with Gasteiger partial charge >= 0.3 is 0 Å². The molecular formula is C13H17N3O2S. The third-order valence-corrected chi connectivity index (χ3v) is 3.87. The summed E-state index contributed by atoms with van der Waals surface area (Å²) >= 11 is 1.63. The smallest absolute Gasteiger partial charge is 0.227 e. The first-order chi connectivity index (χ1) is 9.04. The van der Waals surface area contributed by atoms with Crippen LogP contribution in [0.2, 0.25) is 0 Å². The van der Waals surface area contributed by atoms with Crippen molar-refractivity contribution in [2.45, 2.75) is 33.1 Å². The molecule has 0 fully saturated rings. The lowest BCUT2D eigenvalue weighted by Crippen LogP contribution is -2.28. The predicted octanol–water partition coefficient (Wildman–Crippen LogP) is 2.21. The number of thiazole rings is 1. The molecular weight excluding hydrogens is 262 g/mol. The summed E-state index contributed by atoms with van der Waals surface area (Å²) in [6, 6.07) is 1.77. The van der Waals surface area contributed by atoms with Crippen molar-refractivity contribution >= 4 is 17.2 Å². The van der Waals surface area contributed by atoms with E-state index < -0.39 is 0 Å². The molecule has 1 atom stereocenters. The van der Waals surface area contributed by atoms with Gasteiger partial charge in [-0.15, -0.1) is 11.3 Å². The minimum absolute atomic E-state index is 0.0590. The summed E-state index contributed by atoms with van der Waals surface area (Å²) in [4.78, 5) is 16.2. The zero-order valence-electron chi connectivity index (χ0n) is 11.3. The molecule has 0 spiro atoms. The van der Waals surface area contributed by atoms with E-state index in [0.717, 1.165) is 16.4 Å². The van der Waals surface area contributed by atoms with Gasteiger partial charge in [0.2, 0.25) is 5.91 Å². The first-order valence-corrected chi connectivity index (χ1v) is 7.03. The highest BCUT2D eigenvalue weighted by Crippen LogP contribution is 2.18. The number of hydrogen-bond acceptors (Lipinski definition) is 5. The fraction of sp³-hybridized carbons (Fsp3) is 0.462. The van der Waals surface area contributed by atoms with Gasteiger partial charge in [-0.25, -0.2) is 4.98 Å². The lowest BCUT2D eigenvalue weighted by atomic mass is 10.2. The molecule has 0 aliphatic carbocycles. The third-order valence-electron chi connectivity index (χ3n) is 2.68. The van der Waals surface area contributed by atoms with Crippen LogP contribution in [0.15, 0.2) is 16.0 Å². The number of nitrogens with one attached hydrogen (secondary N) is 1. The van der Waals surface area contributed by atoms with Crippen LogP contribution < -0.4 is 5.32 Å². The van der Waals surface area contributed by atoms with E-state index in [0.29, 0.717) is 12.3 Å². The molecule has 2 aromatic rings. The number of nitrogens with zero attached hydrogens (tertiary/aromatic N) is 2. The number of carbonyl (C=O) groups is 1. The van der Waals surface area contributed by atoms with E-state index in [1.165, 1.54) is 0 Å². The predicted molar refractivity (Wildman–Crippen MR) is 73.2 cm³/mol. The number of aryl methyl sites for hydroxylation is 2. The van der Waals surface area contributed by atoms with Gasteiger partial charge < -0.3 is 9.84 Å². The summed E-state index contributed by atoms with van der Waals surface area (Å²) in [6.07, 6.45) is 0.227. The molecule has 5 nitrogen and oxygen atoms in total. The summed E-state index contributed by atoms with van der Waals surface area (Å²) in [5, 5.41) is 9.71. The zero-order chi connectivity index (χ0) is 13.8. The molecule has 0 saturated heterocycles. The number of amides is 1. The fourth-order valence-corrected chi connectivity index (χ4v) is 2.53. The standard InChI is InChI=1S/C13H17N3O2S/c1-8(13-15-10(3)7-19-13)6-14-12(17)5-11-4-9(2)16-18-11/h4,7-8H,5-6H2,1-3H3,(H,14,17)/t8-/m1/s1. The molecule has 0 aliphatic heterocycles. The molecule has 2 heterocycles. The van der Waals surface area contributed by atoms with Crippen LogP contribution in [-0.2, 0) is 11.2 Å². The maximum atomic E-state index is 11.7. The van der Waals surface area contributed by atoms with Crippen LogP contribution >= 0.6 is 11.3 Å². The number of rotatable bonds is 5. The first-order valence-electron chi connectivity index (χ1n) is 6.15. The van der Waals surface area contributed by atoms with Gasteiger partial charge in [-0.3, -0.25) is 4.79 Å². The molecule has 0 unspecified atom stereocenters. The molecule has 6 heteroatoms. The molecule has 2 rings (SSSR count). The quantitative estimate of drug-likeness (QED) is 0.911. The Kier molecular flexibility index (Phi) is 4.31. The minimum Gasteiger partial charge on any atom is -0.361 e. The summed E-state index contributed by atoms with van der Waals surface area (Å²) in [5.41, 5.74) is 1.81. The van der Waals surface area contributed by atoms with E-state index in [4.69, 9.17) is 4.52 Å². The molecule has 1 N–H and O–H groups in total. The molecule has 102 valence electrons. The molecule has 0 saturated carbocycles. The second kappa shape index (κ2) is 5.97. The SMILES string of the molecule is Cc1cc(CC(=O)NC[C@@H](C)c2nc(C)cs2)on1. The van der Waals surface area contributed by atoms with Crippen LogP contribution in [0, 0.1) is 13.8 Å². The normalized spacial score (nSPS) is 12.4. The zero-order valence-corrected chi connectivity index (χ0v) is 12.1. The Balaban J connectivity index is 1.80. The van der Waals surface area contributed by atoms with E-state index in [9.17, 15) is 4.79 Å². The van der Waals surface area contributed by atoms with Crippen molar-refractivity contribution in [1.29, 1.82) is 0 Å². The molecule has 0 aromatic carbocycles. The Morgan fingerprint density at radius 2 is 2.26 bits per heavy atom. The molecule has 2 aromatic heterocycles. The van der Waals surface area contributed by atoms with Crippen LogP contribution in [0.5, 0.6) is 0 Å². The van der Waals surface area contributed by atoms with Gasteiger partial charge in [0.1, 0.15) is 5.76 Å². The Bertz CT molecular complexity index is 562. The average Bonchev–Trinajstić information content (AvgIpc) is 2.95. The molecule has 1 amide bonds. The highest BCUT2D eigenvalue weighted by Gasteiger charge is 2.12. The maximum absolute atomic E-state index is 11.7. The van der Waals surface area contributed by atoms with Crippen molar-refractivity contribution < 1.29 is 9.32 Å². The Morgan fingerprint density at radius 3 is 2.84 bits per heavy atom. The van der Waals surface area contributed by atoms with Crippen LogP contribution in [-0.4, -0.2) is 22.6 Å². The third kappa shape index (κ3) is 3.89. The Morgan fingerprint density at radius 1 is 1.47 bits per heavy atom. The molecule has 0 bridgehead atoms. The van der Waals surface area contributed by atoms with E-state index >= 15 is 0 Å². The topological polar surface area (TPSA) is 68.0 Å². The van der Waals surface area contributed by atoms with Crippen molar-refractivity contribution in [3.8, 4) is 0 Å². The lowest BCUT2D eigenvalue weighted by molar-refractivity contribution is -0.120. The van der Waals surface area contributed by atoms with Crippen molar-refractivity contribution in [2.24, 2.45) is 0 Å². The molecule has 0 aliphatic rings.